The second kappa shape index (κ2) is 10.3. The maximum absolute atomic E-state index is 12.8. The second-order valence-corrected chi connectivity index (χ2v) is 9.57. The summed E-state index contributed by atoms with van der Waals surface area (Å²) in [5.41, 5.74) is 4.52. The average molecular weight is 465 g/mol. The van der Waals surface area contributed by atoms with Crippen molar-refractivity contribution in [2.45, 2.75) is 45.1 Å². The Morgan fingerprint density at radius 1 is 1.00 bits per heavy atom. The zero-order chi connectivity index (χ0) is 24.2. The molecule has 1 fully saturated rings. The highest BCUT2D eigenvalue weighted by molar-refractivity contribution is 5.86. The predicted molar refractivity (Wildman–Crippen MR) is 128 cm³/mol. The third-order valence-electron chi connectivity index (χ3n) is 7.10. The van der Waals surface area contributed by atoms with Crippen LogP contribution in [0.5, 0.6) is 0 Å². The fourth-order valence-electron chi connectivity index (χ4n) is 4.92. The molecule has 0 saturated heterocycles. The van der Waals surface area contributed by atoms with Crippen LogP contribution in [0.4, 0.5) is 4.79 Å². The number of carboxylic acid groups (broad SMARTS) is 1. The highest BCUT2D eigenvalue weighted by Gasteiger charge is 2.34. The Balaban J connectivity index is 1.35. The minimum Gasteiger partial charge on any atom is -0.481 e. The topological polar surface area (TPSA) is 105 Å². The van der Waals surface area contributed by atoms with E-state index in [0.717, 1.165) is 41.5 Å². The number of carboxylic acids is 1. The summed E-state index contributed by atoms with van der Waals surface area (Å²) in [6, 6.07) is 15.4. The molecule has 2 aromatic rings. The lowest BCUT2D eigenvalue weighted by molar-refractivity contribution is -0.145. The zero-order valence-corrected chi connectivity index (χ0v) is 19.6. The molecule has 2 unspecified atom stereocenters. The lowest BCUT2D eigenvalue weighted by Crippen LogP contribution is -2.51. The van der Waals surface area contributed by atoms with Crippen molar-refractivity contribution in [1.29, 1.82) is 0 Å². The van der Waals surface area contributed by atoms with E-state index in [4.69, 9.17) is 4.74 Å². The second-order valence-electron chi connectivity index (χ2n) is 9.57. The molecule has 3 N–H and O–H groups in total. The van der Waals surface area contributed by atoms with E-state index in [0.29, 0.717) is 0 Å². The molecule has 7 nitrogen and oxygen atoms in total. The van der Waals surface area contributed by atoms with Crippen molar-refractivity contribution in [3.05, 3.63) is 59.7 Å². The number of carbonyl (C=O) groups excluding carboxylic acids is 2. The number of benzene rings is 2. The summed E-state index contributed by atoms with van der Waals surface area (Å²) in [6.07, 6.45) is 2.11. The van der Waals surface area contributed by atoms with Crippen molar-refractivity contribution in [2.75, 3.05) is 13.2 Å². The molecule has 0 spiro atoms. The molecular formula is C27H32N2O5. The minimum atomic E-state index is -0.893. The quantitative estimate of drug-likeness (QED) is 0.517. The number of amides is 2. The van der Waals surface area contributed by atoms with Crippen LogP contribution in [0, 0.1) is 17.8 Å². The van der Waals surface area contributed by atoms with Crippen LogP contribution in [-0.4, -0.2) is 42.3 Å². The maximum atomic E-state index is 12.8. The van der Waals surface area contributed by atoms with Gasteiger partial charge in [-0.1, -0.05) is 68.8 Å². The first-order valence-corrected chi connectivity index (χ1v) is 12.0. The molecule has 7 heteroatoms. The molecule has 0 bridgehead atoms. The van der Waals surface area contributed by atoms with Crippen molar-refractivity contribution in [1.82, 2.24) is 10.6 Å². The Hall–Kier alpha value is -3.35. The van der Waals surface area contributed by atoms with Crippen molar-refractivity contribution in [3.63, 3.8) is 0 Å². The van der Waals surface area contributed by atoms with Gasteiger partial charge in [0, 0.05) is 12.5 Å². The van der Waals surface area contributed by atoms with Gasteiger partial charge in [0.1, 0.15) is 12.6 Å². The summed E-state index contributed by atoms with van der Waals surface area (Å²) in [5.74, 6) is -2.04. The number of rotatable bonds is 9. The average Bonchev–Trinajstić information content (AvgIpc) is 3.10. The normalized spacial score (nSPS) is 16.7. The van der Waals surface area contributed by atoms with Gasteiger partial charge in [-0.25, -0.2) is 4.79 Å². The monoisotopic (exact) mass is 464 g/mol. The first-order valence-electron chi connectivity index (χ1n) is 12.0. The Morgan fingerprint density at radius 2 is 1.59 bits per heavy atom. The van der Waals surface area contributed by atoms with Crippen LogP contribution in [0.3, 0.4) is 0 Å². The molecule has 0 aliphatic heterocycles. The van der Waals surface area contributed by atoms with Gasteiger partial charge in [-0.15, -0.1) is 0 Å². The standard InChI is InChI=1S/C27H32N2O5/c1-16(2)24(25(30)28-14-22(26(31)32)17-8-7-9-17)29-27(33)34-15-23-20-12-5-3-10-18(20)19-11-4-6-13-21(19)23/h3-6,10-13,16-17,22-24H,7-9,14-15H2,1-2H3,(H,28,30)(H,29,33)(H,31,32). The molecule has 34 heavy (non-hydrogen) atoms. The van der Waals surface area contributed by atoms with Gasteiger partial charge in [-0.05, 0) is 46.9 Å². The van der Waals surface area contributed by atoms with Crippen molar-refractivity contribution >= 4 is 18.0 Å². The Morgan fingerprint density at radius 3 is 2.09 bits per heavy atom. The van der Waals surface area contributed by atoms with Gasteiger partial charge in [0.25, 0.3) is 0 Å². The van der Waals surface area contributed by atoms with Crippen LogP contribution in [0.1, 0.15) is 50.2 Å². The van der Waals surface area contributed by atoms with Gasteiger partial charge in [-0.2, -0.15) is 0 Å². The number of hydrogen-bond acceptors (Lipinski definition) is 4. The van der Waals surface area contributed by atoms with Crippen molar-refractivity contribution in [2.24, 2.45) is 17.8 Å². The summed E-state index contributed by atoms with van der Waals surface area (Å²) in [7, 11) is 0. The van der Waals surface area contributed by atoms with Crippen molar-refractivity contribution < 1.29 is 24.2 Å². The van der Waals surface area contributed by atoms with Gasteiger partial charge in [0.2, 0.25) is 5.91 Å². The summed E-state index contributed by atoms with van der Waals surface area (Å²) in [6.45, 7) is 3.88. The lowest BCUT2D eigenvalue weighted by Gasteiger charge is -2.31. The van der Waals surface area contributed by atoms with Crippen LogP contribution in [0.25, 0.3) is 11.1 Å². The molecule has 0 aromatic heterocycles. The summed E-state index contributed by atoms with van der Waals surface area (Å²) in [4.78, 5) is 37.0. The third kappa shape index (κ3) is 4.93. The van der Waals surface area contributed by atoms with Gasteiger partial charge >= 0.3 is 12.1 Å². The van der Waals surface area contributed by atoms with E-state index in [1.165, 1.54) is 0 Å². The number of ether oxygens (including phenoxy) is 1. The number of hydrogen-bond donors (Lipinski definition) is 3. The summed E-state index contributed by atoms with van der Waals surface area (Å²) in [5, 5.41) is 14.9. The van der Waals surface area contributed by atoms with Crippen LogP contribution in [-0.2, 0) is 14.3 Å². The lowest BCUT2D eigenvalue weighted by atomic mass is 9.76. The fourth-order valence-corrected chi connectivity index (χ4v) is 4.92. The molecule has 0 radical (unpaired) electrons. The zero-order valence-electron chi connectivity index (χ0n) is 19.6. The number of aliphatic carboxylic acids is 1. The fraction of sp³-hybridized carbons (Fsp3) is 0.444. The van der Waals surface area contributed by atoms with E-state index in [1.807, 2.05) is 50.2 Å². The Kier molecular flexibility index (Phi) is 7.20. The van der Waals surface area contributed by atoms with E-state index in [-0.39, 0.29) is 30.9 Å². The SMILES string of the molecule is CC(C)C(NC(=O)OCC1c2ccccc2-c2ccccc21)C(=O)NCC(C(=O)O)C1CCC1. The molecule has 4 rings (SSSR count). The number of fused-ring (bicyclic) bond motifs is 3. The van der Waals surface area contributed by atoms with E-state index in [2.05, 4.69) is 22.8 Å². The molecule has 2 amide bonds. The smallest absolute Gasteiger partial charge is 0.407 e. The molecule has 1 saturated carbocycles. The van der Waals surface area contributed by atoms with E-state index in [9.17, 15) is 19.5 Å². The van der Waals surface area contributed by atoms with Crippen molar-refractivity contribution in [3.8, 4) is 11.1 Å². The molecule has 2 aromatic carbocycles. The number of alkyl carbamates (subject to hydrolysis) is 1. The molecular weight excluding hydrogens is 432 g/mol. The van der Waals surface area contributed by atoms with Crippen LogP contribution < -0.4 is 10.6 Å². The van der Waals surface area contributed by atoms with Crippen LogP contribution >= 0.6 is 0 Å². The molecule has 0 heterocycles. The third-order valence-corrected chi connectivity index (χ3v) is 7.10. The van der Waals surface area contributed by atoms with Gasteiger partial charge in [-0.3, -0.25) is 9.59 Å². The van der Waals surface area contributed by atoms with Gasteiger partial charge in [0.15, 0.2) is 0 Å². The first kappa shape index (κ1) is 23.8. The number of nitrogens with one attached hydrogen (secondary N) is 2. The highest BCUT2D eigenvalue weighted by atomic mass is 16.5. The molecule has 2 aliphatic carbocycles. The maximum Gasteiger partial charge on any atom is 0.407 e. The van der Waals surface area contributed by atoms with E-state index < -0.39 is 29.9 Å². The van der Waals surface area contributed by atoms with Crippen LogP contribution in [0.2, 0.25) is 0 Å². The van der Waals surface area contributed by atoms with Gasteiger partial charge in [0.05, 0.1) is 5.92 Å². The molecule has 180 valence electrons. The predicted octanol–water partition coefficient (Wildman–Crippen LogP) is 4.17. The first-order chi connectivity index (χ1) is 16.4. The van der Waals surface area contributed by atoms with E-state index >= 15 is 0 Å². The van der Waals surface area contributed by atoms with Crippen LogP contribution in [0.15, 0.2) is 48.5 Å². The van der Waals surface area contributed by atoms with Gasteiger partial charge < -0.3 is 20.5 Å². The summed E-state index contributed by atoms with van der Waals surface area (Å²) < 4.78 is 5.57. The van der Waals surface area contributed by atoms with E-state index in [1.54, 1.807) is 0 Å². The summed E-state index contributed by atoms with van der Waals surface area (Å²) >= 11 is 0. The number of carbonyl (C=O) groups is 3. The molecule has 2 aliphatic rings. The largest absolute Gasteiger partial charge is 0.481 e. The minimum absolute atomic E-state index is 0.0639. The highest BCUT2D eigenvalue weighted by Crippen LogP contribution is 2.44. The Labute approximate surface area is 199 Å². The molecule has 2 atom stereocenters. The Bertz CT molecular complexity index is 1020.